The largest absolute Gasteiger partial charge is 0.441 e. The van der Waals surface area contributed by atoms with Crippen LogP contribution in [0.15, 0.2) is 35.5 Å². The molecule has 230 valence electrons. The molecule has 12 nitrogen and oxygen atoms in total. The summed E-state index contributed by atoms with van der Waals surface area (Å²) in [6.07, 6.45) is -1.96. The van der Waals surface area contributed by atoms with Crippen molar-refractivity contribution in [3.63, 3.8) is 0 Å². The number of alkyl halides is 3. The van der Waals surface area contributed by atoms with Crippen molar-refractivity contribution in [2.24, 2.45) is 18.4 Å². The number of sulfonamides is 1. The highest BCUT2D eigenvalue weighted by Gasteiger charge is 2.42. The van der Waals surface area contributed by atoms with E-state index < -0.39 is 46.3 Å². The van der Waals surface area contributed by atoms with Crippen LogP contribution < -0.4 is 14.4 Å². The summed E-state index contributed by atoms with van der Waals surface area (Å²) in [6.45, 7) is 7.96. The van der Waals surface area contributed by atoms with Crippen molar-refractivity contribution in [2.75, 3.05) is 11.4 Å². The van der Waals surface area contributed by atoms with Crippen LogP contribution in [0.5, 0.6) is 5.88 Å². The molecule has 2 unspecified atom stereocenters. The number of hydrogen-bond donors (Lipinski definition) is 2. The van der Waals surface area contributed by atoms with Crippen LogP contribution in [0.2, 0.25) is 0 Å². The van der Waals surface area contributed by atoms with E-state index in [-0.39, 0.29) is 39.6 Å². The number of ether oxygens (including phenoxy) is 1. The maximum absolute atomic E-state index is 14.5. The van der Waals surface area contributed by atoms with Crippen LogP contribution in [0.4, 0.5) is 19.0 Å². The van der Waals surface area contributed by atoms with E-state index in [2.05, 4.69) is 22.1 Å². The van der Waals surface area contributed by atoms with E-state index in [9.17, 15) is 31.5 Å². The lowest BCUT2D eigenvalue weighted by molar-refractivity contribution is -0.115. The lowest BCUT2D eigenvalue weighted by Gasteiger charge is -2.36. The van der Waals surface area contributed by atoms with Crippen molar-refractivity contribution < 1.29 is 36.2 Å². The quantitative estimate of drug-likeness (QED) is 0.352. The zero-order valence-electron chi connectivity index (χ0n) is 24.0. The molecule has 0 aromatic carbocycles. The molecule has 2 N–H and O–H groups in total. The number of aryl methyl sites for hydroxylation is 1. The molecule has 2 atom stereocenters. The van der Waals surface area contributed by atoms with Crippen molar-refractivity contribution in [1.29, 1.82) is 0 Å². The Balaban J connectivity index is 1.70. The predicted molar refractivity (Wildman–Crippen MR) is 146 cm³/mol. The van der Waals surface area contributed by atoms with Gasteiger partial charge in [-0.25, -0.2) is 36.0 Å². The van der Waals surface area contributed by atoms with Crippen molar-refractivity contribution in [1.82, 2.24) is 29.3 Å². The lowest BCUT2D eigenvalue weighted by atomic mass is 9.90. The first-order valence-electron chi connectivity index (χ1n) is 13.1. The Hall–Kier alpha value is -3.66. The fourth-order valence-electron chi connectivity index (χ4n) is 4.49. The third kappa shape index (κ3) is 5.82. The van der Waals surface area contributed by atoms with Crippen molar-refractivity contribution >= 4 is 21.7 Å². The van der Waals surface area contributed by atoms with E-state index in [0.717, 1.165) is 20.3 Å². The molecular formula is C26H34F3N7O5S. The second-order valence-electron chi connectivity index (χ2n) is 11.4. The third-order valence-electron chi connectivity index (χ3n) is 7.75. The lowest BCUT2D eigenvalue weighted by Crippen LogP contribution is -2.44. The zero-order valence-corrected chi connectivity index (χ0v) is 24.9. The molecule has 0 spiro atoms. The Morgan fingerprint density at radius 2 is 1.93 bits per heavy atom. The van der Waals surface area contributed by atoms with Gasteiger partial charge in [0.25, 0.3) is 22.3 Å². The van der Waals surface area contributed by atoms with Gasteiger partial charge >= 0.3 is 0 Å². The Labute approximate surface area is 241 Å². The van der Waals surface area contributed by atoms with E-state index in [1.807, 2.05) is 23.5 Å². The summed E-state index contributed by atoms with van der Waals surface area (Å²) in [4.78, 5) is 19.6. The number of carbonyl (C=O) groups excluding carboxylic acids is 1. The number of aliphatic hydroxyl groups excluding tert-OH is 1. The highest BCUT2D eigenvalue weighted by molar-refractivity contribution is 7.90. The molecule has 0 aliphatic carbocycles. The van der Waals surface area contributed by atoms with Gasteiger partial charge in [-0.3, -0.25) is 9.48 Å². The molecular weight excluding hydrogens is 579 g/mol. The second kappa shape index (κ2) is 11.2. The minimum atomic E-state index is -4.41. The molecule has 0 bridgehead atoms. The number of pyridine rings is 1. The van der Waals surface area contributed by atoms with Gasteiger partial charge in [-0.15, -0.1) is 5.10 Å². The van der Waals surface area contributed by atoms with Gasteiger partial charge in [0.2, 0.25) is 12.3 Å². The number of aromatic nitrogens is 5. The Morgan fingerprint density at radius 3 is 2.52 bits per heavy atom. The van der Waals surface area contributed by atoms with Crippen LogP contribution in [0.1, 0.15) is 57.1 Å². The molecule has 1 aliphatic heterocycles. The summed E-state index contributed by atoms with van der Waals surface area (Å²) < 4.78 is 76.6. The molecule has 0 saturated carbocycles. The number of carbonyl (C=O) groups is 1. The standard InChI is InChI=1S/C26H34F3N7O5S/c1-15-9-11-35(26(15,4)5)21-16(22(38)33-42(39,40)18-13-34(6)31-17(18)14-37)7-8-19(30-21)36-12-10-20(32-36)41-24(29)25(2,3)23(27)28/h7-8,10,12-13,15,23-24,37H,9,11,14H2,1-6H3,(H,33,38). The van der Waals surface area contributed by atoms with Gasteiger partial charge in [-0.05, 0) is 52.2 Å². The van der Waals surface area contributed by atoms with Gasteiger partial charge in [0.15, 0.2) is 5.82 Å². The van der Waals surface area contributed by atoms with Crippen LogP contribution in [0.3, 0.4) is 0 Å². The number of amides is 1. The smallest absolute Gasteiger partial charge is 0.268 e. The first-order chi connectivity index (χ1) is 19.5. The fraction of sp³-hybridized carbons (Fsp3) is 0.538. The highest BCUT2D eigenvalue weighted by atomic mass is 32.2. The SMILES string of the molecule is CC1CCN(c2nc(-n3ccc(OC(F)C(C)(C)C(F)F)n3)ccc2C(=O)NS(=O)(=O)c2cn(C)nc2CO)C1(C)C. The zero-order chi connectivity index (χ0) is 31.2. The van der Waals surface area contributed by atoms with E-state index in [1.165, 1.54) is 47.0 Å². The minimum Gasteiger partial charge on any atom is -0.441 e. The third-order valence-corrected chi connectivity index (χ3v) is 9.13. The molecule has 42 heavy (non-hydrogen) atoms. The van der Waals surface area contributed by atoms with Crippen LogP contribution in [-0.2, 0) is 23.7 Å². The van der Waals surface area contributed by atoms with Gasteiger partial charge < -0.3 is 14.7 Å². The number of aliphatic hydroxyl groups is 1. The molecule has 3 aromatic rings. The van der Waals surface area contributed by atoms with Gasteiger partial charge in [0.05, 0.1) is 17.6 Å². The van der Waals surface area contributed by atoms with E-state index >= 15 is 0 Å². The van der Waals surface area contributed by atoms with Crippen molar-refractivity contribution in [2.45, 2.75) is 70.9 Å². The summed E-state index contributed by atoms with van der Waals surface area (Å²) >= 11 is 0. The number of anilines is 1. The first kappa shape index (κ1) is 31.3. The summed E-state index contributed by atoms with van der Waals surface area (Å²) in [5, 5.41) is 17.5. The molecule has 1 aliphatic rings. The summed E-state index contributed by atoms with van der Waals surface area (Å²) in [5.41, 5.74) is -2.69. The topological polar surface area (TPSA) is 144 Å². The predicted octanol–water partition coefficient (Wildman–Crippen LogP) is 3.20. The number of nitrogens with one attached hydrogen (secondary N) is 1. The number of rotatable bonds is 10. The molecule has 4 heterocycles. The normalized spacial score (nSPS) is 18.0. The van der Waals surface area contributed by atoms with Gasteiger partial charge in [0.1, 0.15) is 16.4 Å². The molecule has 1 fully saturated rings. The van der Waals surface area contributed by atoms with Gasteiger partial charge in [0, 0.05) is 37.6 Å². The summed E-state index contributed by atoms with van der Waals surface area (Å²) in [5.74, 6) is -0.629. The second-order valence-corrected chi connectivity index (χ2v) is 13.0. The molecule has 3 aromatic heterocycles. The van der Waals surface area contributed by atoms with Crippen LogP contribution in [0.25, 0.3) is 5.82 Å². The number of hydrogen-bond acceptors (Lipinski definition) is 9. The fourth-order valence-corrected chi connectivity index (χ4v) is 5.66. The Morgan fingerprint density at radius 1 is 1.24 bits per heavy atom. The average molecular weight is 614 g/mol. The molecule has 1 saturated heterocycles. The molecule has 16 heteroatoms. The number of nitrogens with zero attached hydrogens (tertiary/aromatic N) is 6. The maximum Gasteiger partial charge on any atom is 0.268 e. The number of halogens is 3. The van der Waals surface area contributed by atoms with Crippen molar-refractivity contribution in [3.05, 3.63) is 41.9 Å². The van der Waals surface area contributed by atoms with Gasteiger partial charge in [-0.1, -0.05) is 6.92 Å². The van der Waals surface area contributed by atoms with Crippen LogP contribution in [0, 0.1) is 11.3 Å². The Kier molecular flexibility index (Phi) is 8.34. The molecule has 4 rings (SSSR count). The molecule has 0 radical (unpaired) electrons. The molecule has 1 amide bonds. The highest BCUT2D eigenvalue weighted by Crippen LogP contribution is 2.39. The minimum absolute atomic E-state index is 0.0370. The van der Waals surface area contributed by atoms with Crippen LogP contribution >= 0.6 is 0 Å². The van der Waals surface area contributed by atoms with E-state index in [1.54, 1.807) is 0 Å². The first-order valence-corrected chi connectivity index (χ1v) is 14.6. The Bertz CT molecular complexity index is 1570. The summed E-state index contributed by atoms with van der Waals surface area (Å²) in [6, 6.07) is 4.09. The van der Waals surface area contributed by atoms with Crippen LogP contribution in [-0.4, -0.2) is 68.8 Å². The van der Waals surface area contributed by atoms with Gasteiger partial charge in [-0.2, -0.15) is 5.10 Å². The maximum atomic E-state index is 14.5. The summed E-state index contributed by atoms with van der Waals surface area (Å²) in [7, 11) is -2.93. The average Bonchev–Trinajstić information content (AvgIpc) is 3.60. The van der Waals surface area contributed by atoms with Crippen molar-refractivity contribution in [3.8, 4) is 11.7 Å². The van der Waals surface area contributed by atoms with E-state index in [0.29, 0.717) is 6.54 Å². The monoisotopic (exact) mass is 613 g/mol. The van der Waals surface area contributed by atoms with E-state index in [4.69, 9.17) is 4.74 Å².